The van der Waals surface area contributed by atoms with Crippen LogP contribution in [-0.2, 0) is 14.3 Å². The quantitative estimate of drug-likeness (QED) is 0.377. The van der Waals surface area contributed by atoms with Crippen LogP contribution in [0.3, 0.4) is 0 Å². The van der Waals surface area contributed by atoms with Gasteiger partial charge in [0.15, 0.2) is 5.78 Å². The van der Waals surface area contributed by atoms with Gasteiger partial charge < -0.3 is 4.74 Å². The molecule has 0 bridgehead atoms. The number of allylic oxidation sites excluding steroid dienone is 5. The summed E-state index contributed by atoms with van der Waals surface area (Å²) in [5, 5.41) is 0. The molecule has 0 aromatic carbocycles. The van der Waals surface area contributed by atoms with E-state index < -0.39 is 0 Å². The van der Waals surface area contributed by atoms with Crippen LogP contribution in [0.2, 0.25) is 0 Å². The summed E-state index contributed by atoms with van der Waals surface area (Å²) >= 11 is 0. The molecule has 1 aliphatic heterocycles. The van der Waals surface area contributed by atoms with Gasteiger partial charge in [0, 0.05) is 17.9 Å². The SMILES string of the molecule is C=C1C(=O)O[C@H]2/C=C(\C)CC/C=C(\C)CC(=O)/C=C(\C)CC[C@H]12. The summed E-state index contributed by atoms with van der Waals surface area (Å²) in [6, 6.07) is 0. The van der Waals surface area contributed by atoms with Crippen LogP contribution >= 0.6 is 0 Å². The van der Waals surface area contributed by atoms with E-state index in [0.29, 0.717) is 12.0 Å². The molecule has 0 saturated carbocycles. The van der Waals surface area contributed by atoms with Gasteiger partial charge in [-0.25, -0.2) is 4.79 Å². The predicted molar refractivity (Wildman–Crippen MR) is 91.9 cm³/mol. The molecule has 2 aliphatic rings. The Morgan fingerprint density at radius 3 is 2.57 bits per heavy atom. The van der Waals surface area contributed by atoms with E-state index in [2.05, 4.69) is 25.7 Å². The summed E-state index contributed by atoms with van der Waals surface area (Å²) < 4.78 is 5.47. The number of ketones is 1. The van der Waals surface area contributed by atoms with Gasteiger partial charge in [-0.15, -0.1) is 0 Å². The first-order chi connectivity index (χ1) is 10.9. The summed E-state index contributed by atoms with van der Waals surface area (Å²) in [5.41, 5.74) is 3.93. The van der Waals surface area contributed by atoms with Crippen LogP contribution in [0, 0.1) is 5.92 Å². The van der Waals surface area contributed by atoms with Gasteiger partial charge in [-0.05, 0) is 58.6 Å². The minimum atomic E-state index is -0.290. The average Bonchev–Trinajstić information content (AvgIpc) is 2.70. The lowest BCUT2D eigenvalue weighted by Gasteiger charge is -2.16. The highest BCUT2D eigenvalue weighted by atomic mass is 16.5. The summed E-state index contributed by atoms with van der Waals surface area (Å²) in [6.07, 6.45) is 9.57. The molecule has 3 nitrogen and oxygen atoms in total. The van der Waals surface area contributed by atoms with Gasteiger partial charge in [0.25, 0.3) is 0 Å². The van der Waals surface area contributed by atoms with Gasteiger partial charge in [0.2, 0.25) is 0 Å². The zero-order valence-electron chi connectivity index (χ0n) is 14.4. The summed E-state index contributed by atoms with van der Waals surface area (Å²) in [7, 11) is 0. The second-order valence-corrected chi connectivity index (χ2v) is 6.78. The van der Waals surface area contributed by atoms with Crippen LogP contribution in [0.25, 0.3) is 0 Å². The monoisotopic (exact) mass is 314 g/mol. The van der Waals surface area contributed by atoms with E-state index in [1.807, 2.05) is 13.8 Å². The van der Waals surface area contributed by atoms with Crippen LogP contribution in [0.1, 0.15) is 52.9 Å². The Morgan fingerprint density at radius 1 is 1.09 bits per heavy atom. The van der Waals surface area contributed by atoms with Crippen molar-refractivity contribution in [2.45, 2.75) is 59.0 Å². The predicted octanol–water partition coefficient (Wildman–Crippen LogP) is 4.46. The number of hydrogen-bond donors (Lipinski definition) is 0. The maximum atomic E-state index is 12.1. The first-order valence-electron chi connectivity index (χ1n) is 8.29. The molecule has 0 N–H and O–H groups in total. The molecule has 3 heteroatoms. The van der Waals surface area contributed by atoms with Gasteiger partial charge in [-0.3, -0.25) is 4.79 Å². The largest absolute Gasteiger partial charge is 0.454 e. The average molecular weight is 314 g/mol. The van der Waals surface area contributed by atoms with Crippen molar-refractivity contribution in [3.8, 4) is 0 Å². The second-order valence-electron chi connectivity index (χ2n) is 6.78. The van der Waals surface area contributed by atoms with Crippen molar-refractivity contribution in [1.29, 1.82) is 0 Å². The van der Waals surface area contributed by atoms with Crippen molar-refractivity contribution in [3.63, 3.8) is 0 Å². The second kappa shape index (κ2) is 7.58. The first-order valence-corrected chi connectivity index (χ1v) is 8.29. The minimum absolute atomic E-state index is 0.0103. The van der Waals surface area contributed by atoms with Crippen LogP contribution in [-0.4, -0.2) is 17.9 Å². The number of rotatable bonds is 0. The lowest BCUT2D eigenvalue weighted by atomic mass is 9.89. The van der Waals surface area contributed by atoms with Gasteiger partial charge in [0.1, 0.15) is 6.10 Å². The van der Waals surface area contributed by atoms with Gasteiger partial charge in [-0.1, -0.05) is 29.4 Å². The fourth-order valence-electron chi connectivity index (χ4n) is 3.16. The molecular weight excluding hydrogens is 288 g/mol. The lowest BCUT2D eigenvalue weighted by Crippen LogP contribution is -2.15. The summed E-state index contributed by atoms with van der Waals surface area (Å²) in [5.74, 6) is -0.132. The number of fused-ring (bicyclic) bond motifs is 1. The van der Waals surface area contributed by atoms with Crippen molar-refractivity contribution >= 4 is 11.8 Å². The fraction of sp³-hybridized carbons (Fsp3) is 0.500. The van der Waals surface area contributed by atoms with E-state index >= 15 is 0 Å². The molecule has 2 atom stereocenters. The maximum Gasteiger partial charge on any atom is 0.334 e. The Labute approximate surface area is 138 Å². The molecule has 2 rings (SSSR count). The molecule has 0 spiro atoms. The number of carbonyl (C=O) groups is 2. The molecule has 0 aromatic heterocycles. The third-order valence-corrected chi connectivity index (χ3v) is 4.54. The molecular formula is C20H26O3. The molecule has 0 amide bonds. The van der Waals surface area contributed by atoms with Gasteiger partial charge in [-0.2, -0.15) is 0 Å². The van der Waals surface area contributed by atoms with Crippen molar-refractivity contribution in [3.05, 3.63) is 47.1 Å². The molecule has 0 aromatic rings. The third kappa shape index (κ3) is 4.78. The molecule has 1 aliphatic carbocycles. The van der Waals surface area contributed by atoms with E-state index in [1.165, 1.54) is 5.57 Å². The molecule has 1 saturated heterocycles. The Kier molecular flexibility index (Phi) is 5.75. The molecule has 23 heavy (non-hydrogen) atoms. The maximum absolute atomic E-state index is 12.1. The molecule has 0 unspecified atom stereocenters. The molecule has 124 valence electrons. The first kappa shape index (κ1) is 17.5. The highest BCUT2D eigenvalue weighted by Crippen LogP contribution is 2.33. The smallest absolute Gasteiger partial charge is 0.334 e. The van der Waals surface area contributed by atoms with E-state index in [1.54, 1.807) is 6.08 Å². The topological polar surface area (TPSA) is 43.4 Å². The number of ether oxygens (including phenoxy) is 1. The normalized spacial score (nSPS) is 34.2. The Morgan fingerprint density at radius 2 is 1.83 bits per heavy atom. The van der Waals surface area contributed by atoms with E-state index in [-0.39, 0.29) is 23.8 Å². The Bertz CT molecular complexity index is 604. The summed E-state index contributed by atoms with van der Waals surface area (Å²) in [4.78, 5) is 23.9. The molecule has 1 fully saturated rings. The lowest BCUT2D eigenvalue weighted by molar-refractivity contribution is -0.137. The van der Waals surface area contributed by atoms with Crippen molar-refractivity contribution in [1.82, 2.24) is 0 Å². The Hall–Kier alpha value is -1.90. The third-order valence-electron chi connectivity index (χ3n) is 4.54. The van der Waals surface area contributed by atoms with E-state index in [9.17, 15) is 9.59 Å². The minimum Gasteiger partial charge on any atom is -0.454 e. The number of hydrogen-bond acceptors (Lipinski definition) is 3. The van der Waals surface area contributed by atoms with E-state index in [0.717, 1.165) is 36.8 Å². The van der Waals surface area contributed by atoms with Gasteiger partial charge in [0.05, 0.1) is 0 Å². The number of carbonyl (C=O) groups excluding carboxylic acids is 2. The zero-order chi connectivity index (χ0) is 17.0. The van der Waals surface area contributed by atoms with Crippen molar-refractivity contribution < 1.29 is 14.3 Å². The van der Waals surface area contributed by atoms with Crippen LogP contribution < -0.4 is 0 Å². The zero-order valence-corrected chi connectivity index (χ0v) is 14.4. The fourth-order valence-corrected chi connectivity index (χ4v) is 3.16. The number of esters is 1. The van der Waals surface area contributed by atoms with Crippen LogP contribution in [0.15, 0.2) is 47.1 Å². The molecule has 0 radical (unpaired) electrons. The Balaban J connectivity index is 2.25. The standard InChI is InChI=1S/C20H26O3/c1-13-6-5-7-14(2)12-19-18(16(4)20(22)23-19)9-8-15(3)11-17(21)10-13/h6,11-12,18-19H,4-5,7-10H2,1-3H3/b13-6+,14-12+,15-11+/t18-,19+/m1/s1. The van der Waals surface area contributed by atoms with Crippen LogP contribution in [0.4, 0.5) is 0 Å². The highest BCUT2D eigenvalue weighted by molar-refractivity contribution is 5.92. The van der Waals surface area contributed by atoms with Crippen molar-refractivity contribution in [2.75, 3.05) is 0 Å². The van der Waals surface area contributed by atoms with Crippen molar-refractivity contribution in [2.24, 2.45) is 5.92 Å². The summed E-state index contributed by atoms with van der Waals surface area (Å²) in [6.45, 7) is 9.94. The van der Waals surface area contributed by atoms with Crippen LogP contribution in [0.5, 0.6) is 0 Å². The molecule has 1 heterocycles. The highest BCUT2D eigenvalue weighted by Gasteiger charge is 2.36. The van der Waals surface area contributed by atoms with E-state index in [4.69, 9.17) is 4.74 Å². The van der Waals surface area contributed by atoms with Gasteiger partial charge >= 0.3 is 5.97 Å².